The van der Waals surface area contributed by atoms with E-state index in [-0.39, 0.29) is 22.9 Å². The number of carbonyl (C=O) groups is 1. The minimum Gasteiger partial charge on any atom is -0.507 e. The van der Waals surface area contributed by atoms with Gasteiger partial charge >= 0.3 is 5.97 Å². The molecule has 1 aromatic rings. The maximum Gasteiger partial charge on any atom is 0.338 e. The largest absolute Gasteiger partial charge is 0.507 e. The van der Waals surface area contributed by atoms with Crippen molar-refractivity contribution in [2.24, 2.45) is 0 Å². The van der Waals surface area contributed by atoms with Crippen molar-refractivity contribution in [3.05, 3.63) is 28.8 Å². The van der Waals surface area contributed by atoms with E-state index in [1.165, 1.54) is 0 Å². The fraction of sp³-hybridized carbons (Fsp3) is 0.650. The first kappa shape index (κ1) is 19.2. The number of rotatable bonds is 2. The summed E-state index contributed by atoms with van der Waals surface area (Å²) >= 11 is 1.91. The number of aromatic hydroxyl groups is 1. The molecular formula is C20H30O3S. The lowest BCUT2D eigenvalue weighted by Crippen LogP contribution is -2.24. The smallest absolute Gasteiger partial charge is 0.338 e. The molecule has 134 valence electrons. The Morgan fingerprint density at radius 3 is 1.92 bits per heavy atom. The van der Waals surface area contributed by atoms with Gasteiger partial charge in [-0.2, -0.15) is 11.8 Å². The van der Waals surface area contributed by atoms with Gasteiger partial charge in [0.1, 0.15) is 11.9 Å². The number of ether oxygens (including phenoxy) is 1. The van der Waals surface area contributed by atoms with Gasteiger partial charge < -0.3 is 9.84 Å². The Kier molecular flexibility index (Phi) is 5.58. The summed E-state index contributed by atoms with van der Waals surface area (Å²) < 4.78 is 5.72. The molecule has 0 unspecified atom stereocenters. The molecule has 0 radical (unpaired) electrons. The highest BCUT2D eigenvalue weighted by molar-refractivity contribution is 7.99. The highest BCUT2D eigenvalue weighted by atomic mass is 32.2. The van der Waals surface area contributed by atoms with Gasteiger partial charge in [0.2, 0.25) is 0 Å². The van der Waals surface area contributed by atoms with Gasteiger partial charge in [0.15, 0.2) is 0 Å². The van der Waals surface area contributed by atoms with Crippen LogP contribution in [0.4, 0.5) is 0 Å². The van der Waals surface area contributed by atoms with Gasteiger partial charge in [-0.25, -0.2) is 4.79 Å². The first-order valence-corrected chi connectivity index (χ1v) is 9.82. The molecule has 0 atom stereocenters. The molecule has 24 heavy (non-hydrogen) atoms. The van der Waals surface area contributed by atoms with Crippen molar-refractivity contribution in [2.45, 2.75) is 71.3 Å². The van der Waals surface area contributed by atoms with Crippen LogP contribution in [0.2, 0.25) is 0 Å². The van der Waals surface area contributed by atoms with Gasteiger partial charge in [0, 0.05) is 11.1 Å². The number of phenols is 1. The van der Waals surface area contributed by atoms with E-state index in [4.69, 9.17) is 4.74 Å². The van der Waals surface area contributed by atoms with E-state index in [0.717, 1.165) is 35.5 Å². The molecule has 0 spiro atoms. The van der Waals surface area contributed by atoms with E-state index in [1.807, 2.05) is 53.3 Å². The van der Waals surface area contributed by atoms with Crippen molar-refractivity contribution >= 4 is 17.7 Å². The van der Waals surface area contributed by atoms with Gasteiger partial charge in [0.05, 0.1) is 5.56 Å². The highest BCUT2D eigenvalue weighted by Crippen LogP contribution is 2.40. The van der Waals surface area contributed by atoms with Crippen LogP contribution in [0.1, 0.15) is 75.9 Å². The fourth-order valence-corrected chi connectivity index (χ4v) is 3.97. The van der Waals surface area contributed by atoms with Gasteiger partial charge in [-0.15, -0.1) is 0 Å². The molecule has 2 rings (SSSR count). The zero-order valence-corrected chi connectivity index (χ0v) is 16.5. The zero-order chi connectivity index (χ0) is 18.1. The number of benzene rings is 1. The summed E-state index contributed by atoms with van der Waals surface area (Å²) in [7, 11) is 0. The van der Waals surface area contributed by atoms with Crippen molar-refractivity contribution in [2.75, 3.05) is 11.5 Å². The second-order valence-corrected chi connectivity index (χ2v) is 9.86. The lowest BCUT2D eigenvalue weighted by Gasteiger charge is -2.28. The molecule has 1 aliphatic rings. The average Bonchev–Trinajstić information content (AvgIpc) is 2.46. The number of carbonyl (C=O) groups excluding carboxylic acids is 1. The Morgan fingerprint density at radius 2 is 1.50 bits per heavy atom. The minimum atomic E-state index is -0.275. The predicted molar refractivity (Wildman–Crippen MR) is 101 cm³/mol. The number of esters is 1. The van der Waals surface area contributed by atoms with E-state index >= 15 is 0 Å². The third-order valence-corrected chi connectivity index (χ3v) is 5.45. The van der Waals surface area contributed by atoms with Crippen molar-refractivity contribution < 1.29 is 14.6 Å². The van der Waals surface area contributed by atoms with Crippen molar-refractivity contribution in [1.29, 1.82) is 0 Å². The molecule has 4 heteroatoms. The topological polar surface area (TPSA) is 46.5 Å². The quantitative estimate of drug-likeness (QED) is 0.759. The average molecular weight is 351 g/mol. The first-order valence-electron chi connectivity index (χ1n) is 8.67. The molecule has 1 fully saturated rings. The molecule has 0 bridgehead atoms. The van der Waals surface area contributed by atoms with Gasteiger partial charge in [-0.05, 0) is 47.3 Å². The maximum absolute atomic E-state index is 12.7. The molecule has 1 N–H and O–H groups in total. The Hall–Kier alpha value is -1.16. The molecule has 0 aromatic heterocycles. The third-order valence-electron chi connectivity index (χ3n) is 4.40. The molecular weight excluding hydrogens is 320 g/mol. The first-order chi connectivity index (χ1) is 11.0. The number of phenolic OH excluding ortho intramolecular Hbond substituents is 1. The molecule has 1 heterocycles. The summed E-state index contributed by atoms with van der Waals surface area (Å²) in [6, 6.07) is 3.59. The minimum absolute atomic E-state index is 0.0173. The molecule has 0 amide bonds. The van der Waals surface area contributed by atoms with Crippen molar-refractivity contribution in [3.63, 3.8) is 0 Å². The zero-order valence-electron chi connectivity index (χ0n) is 15.7. The molecule has 1 aromatic carbocycles. The number of thioether (sulfide) groups is 1. The lowest BCUT2D eigenvalue weighted by molar-refractivity contribution is 0.0283. The second-order valence-electron chi connectivity index (χ2n) is 8.64. The summed E-state index contributed by atoms with van der Waals surface area (Å²) in [5.74, 6) is 2.12. The van der Waals surface area contributed by atoms with E-state index < -0.39 is 0 Å². The van der Waals surface area contributed by atoms with Crippen LogP contribution in [0.3, 0.4) is 0 Å². The summed E-state index contributed by atoms with van der Waals surface area (Å²) in [4.78, 5) is 12.7. The Labute approximate surface area is 150 Å². The van der Waals surface area contributed by atoms with Crippen LogP contribution in [0.25, 0.3) is 0 Å². The Balaban J connectivity index is 2.40. The lowest BCUT2D eigenvalue weighted by atomic mass is 9.78. The SMILES string of the molecule is CC(C)(C)c1cc(C(=O)OC2CCSCC2)cc(C(C)(C)C)c1O. The maximum atomic E-state index is 12.7. The van der Waals surface area contributed by atoms with Crippen LogP contribution < -0.4 is 0 Å². The van der Waals surface area contributed by atoms with Crippen LogP contribution in [0.15, 0.2) is 12.1 Å². The summed E-state index contributed by atoms with van der Waals surface area (Å²) in [5.41, 5.74) is 1.63. The van der Waals surface area contributed by atoms with Gasteiger partial charge in [-0.1, -0.05) is 41.5 Å². The molecule has 1 saturated heterocycles. The molecule has 0 saturated carbocycles. The van der Waals surface area contributed by atoms with Crippen LogP contribution in [-0.4, -0.2) is 28.7 Å². The Bertz CT molecular complexity index is 567. The summed E-state index contributed by atoms with van der Waals surface area (Å²) in [6.45, 7) is 12.3. The van der Waals surface area contributed by atoms with E-state index in [0.29, 0.717) is 11.3 Å². The summed E-state index contributed by atoms with van der Waals surface area (Å²) in [5, 5.41) is 10.7. The van der Waals surface area contributed by atoms with Crippen LogP contribution in [-0.2, 0) is 15.6 Å². The highest BCUT2D eigenvalue weighted by Gasteiger charge is 2.29. The predicted octanol–water partition coefficient (Wildman–Crippen LogP) is 5.04. The fourth-order valence-electron chi connectivity index (χ4n) is 2.91. The monoisotopic (exact) mass is 350 g/mol. The van der Waals surface area contributed by atoms with Crippen LogP contribution in [0, 0.1) is 0 Å². The summed E-state index contributed by atoms with van der Waals surface area (Å²) in [6.07, 6.45) is 1.86. The third kappa shape index (κ3) is 4.47. The second kappa shape index (κ2) is 6.99. The van der Waals surface area contributed by atoms with Gasteiger partial charge in [0.25, 0.3) is 0 Å². The van der Waals surface area contributed by atoms with Gasteiger partial charge in [-0.3, -0.25) is 0 Å². The van der Waals surface area contributed by atoms with Crippen LogP contribution in [0.5, 0.6) is 5.75 Å². The standard InChI is InChI=1S/C20H30O3S/c1-19(2,3)15-11-13(12-16(17(15)21)20(4,5)6)18(22)23-14-7-9-24-10-8-14/h11-12,14,21H,7-10H2,1-6H3. The number of hydrogen-bond donors (Lipinski definition) is 1. The van der Waals surface area contributed by atoms with Crippen LogP contribution >= 0.6 is 11.8 Å². The Morgan fingerprint density at radius 1 is 1.04 bits per heavy atom. The van der Waals surface area contributed by atoms with E-state index in [1.54, 1.807) is 12.1 Å². The van der Waals surface area contributed by atoms with Crippen molar-refractivity contribution in [3.8, 4) is 5.75 Å². The van der Waals surface area contributed by atoms with E-state index in [2.05, 4.69) is 0 Å². The number of hydrogen-bond acceptors (Lipinski definition) is 4. The van der Waals surface area contributed by atoms with E-state index in [9.17, 15) is 9.90 Å². The molecule has 0 aliphatic carbocycles. The van der Waals surface area contributed by atoms with Crippen molar-refractivity contribution in [1.82, 2.24) is 0 Å². The molecule has 1 aliphatic heterocycles. The molecule has 3 nitrogen and oxygen atoms in total. The normalized spacial score (nSPS) is 16.9.